The summed E-state index contributed by atoms with van der Waals surface area (Å²) in [6.45, 7) is 0.0194. The van der Waals surface area contributed by atoms with Crippen molar-refractivity contribution in [1.29, 1.82) is 0 Å². The standard InChI is InChI=1S/C49H31BN2O2/c1-2-16-32(17-3-1)51-40-24-10-4-18-34(40)49(35-19-5-11-25-41(35)51)36-20-6-12-26-42(36)52(43-27-13-7-21-37(43)49)33-30-46-48-47(31-33)54-45-29-15-9-23-39(45)50(48)38-22-8-14-28-44(38)53-46/h1-31H. The van der Waals surface area contributed by atoms with Crippen molar-refractivity contribution in [3.8, 4) is 23.0 Å². The van der Waals surface area contributed by atoms with Crippen LogP contribution in [0.5, 0.6) is 23.0 Å². The maximum absolute atomic E-state index is 6.79. The number of ether oxygens (including phenoxy) is 2. The van der Waals surface area contributed by atoms with Crippen molar-refractivity contribution in [3.63, 3.8) is 0 Å². The molecule has 1 spiro atoms. The molecule has 12 rings (SSSR count). The zero-order chi connectivity index (χ0) is 35.4. The van der Waals surface area contributed by atoms with Crippen LogP contribution < -0.4 is 35.7 Å². The lowest BCUT2D eigenvalue weighted by atomic mass is 9.35. The van der Waals surface area contributed by atoms with E-state index in [1.807, 2.05) is 0 Å². The van der Waals surface area contributed by atoms with Crippen molar-refractivity contribution in [2.75, 3.05) is 9.80 Å². The molecule has 4 heterocycles. The van der Waals surface area contributed by atoms with Crippen molar-refractivity contribution in [1.82, 2.24) is 0 Å². The maximum atomic E-state index is 6.79. The van der Waals surface area contributed by atoms with Gasteiger partial charge in [0.25, 0.3) is 6.71 Å². The Hall–Kier alpha value is -6.98. The molecule has 0 radical (unpaired) electrons. The largest absolute Gasteiger partial charge is 0.458 e. The van der Waals surface area contributed by atoms with Gasteiger partial charge in [-0.15, -0.1) is 0 Å². The number of hydrogen-bond acceptors (Lipinski definition) is 4. The summed E-state index contributed by atoms with van der Waals surface area (Å²) >= 11 is 0. The fourth-order valence-electron chi connectivity index (χ4n) is 9.72. The predicted octanol–water partition coefficient (Wildman–Crippen LogP) is 10.4. The van der Waals surface area contributed by atoms with Crippen LogP contribution in [0.15, 0.2) is 188 Å². The Bertz CT molecular complexity index is 2670. The number of fused-ring (bicyclic) bond motifs is 12. The second-order valence-electron chi connectivity index (χ2n) is 14.4. The molecule has 0 unspecified atom stereocenters. The highest BCUT2D eigenvalue weighted by molar-refractivity contribution is 6.98. The number of benzene rings is 8. The van der Waals surface area contributed by atoms with Crippen LogP contribution in [0, 0.1) is 0 Å². The molecule has 4 aliphatic heterocycles. The molecule has 0 bridgehead atoms. The van der Waals surface area contributed by atoms with Crippen LogP contribution in [0.4, 0.5) is 34.1 Å². The van der Waals surface area contributed by atoms with Gasteiger partial charge >= 0.3 is 0 Å². The summed E-state index contributed by atoms with van der Waals surface area (Å²) in [6, 6.07) is 67.7. The summed E-state index contributed by atoms with van der Waals surface area (Å²) < 4.78 is 13.6. The molecular formula is C49H31BN2O2. The van der Waals surface area contributed by atoms with Crippen LogP contribution in [-0.4, -0.2) is 6.71 Å². The first-order valence-corrected chi connectivity index (χ1v) is 18.6. The Morgan fingerprint density at radius 1 is 0.352 bits per heavy atom. The molecule has 0 aromatic heterocycles. The average Bonchev–Trinajstić information content (AvgIpc) is 3.23. The Kier molecular flexibility index (Phi) is 6.04. The number of hydrogen-bond donors (Lipinski definition) is 0. The van der Waals surface area contributed by atoms with E-state index in [4.69, 9.17) is 9.47 Å². The van der Waals surface area contributed by atoms with E-state index < -0.39 is 5.41 Å². The monoisotopic (exact) mass is 690 g/mol. The number of anilines is 6. The summed E-state index contributed by atoms with van der Waals surface area (Å²) in [5, 5.41) is 0. The molecule has 8 aromatic rings. The zero-order valence-electron chi connectivity index (χ0n) is 29.2. The lowest BCUT2D eigenvalue weighted by Gasteiger charge is -2.51. The zero-order valence-corrected chi connectivity index (χ0v) is 29.2. The first kappa shape index (κ1) is 29.6. The second-order valence-corrected chi connectivity index (χ2v) is 14.4. The molecule has 0 fully saturated rings. The molecule has 54 heavy (non-hydrogen) atoms. The third kappa shape index (κ3) is 3.83. The van der Waals surface area contributed by atoms with E-state index in [0.29, 0.717) is 0 Å². The first-order chi connectivity index (χ1) is 26.8. The Morgan fingerprint density at radius 2 is 0.722 bits per heavy atom. The molecule has 0 amide bonds. The number of rotatable bonds is 2. The molecule has 0 atom stereocenters. The number of para-hydroxylation sites is 7. The van der Waals surface area contributed by atoms with Gasteiger partial charge in [-0.1, -0.05) is 127 Å². The fraction of sp³-hybridized carbons (Fsp3) is 0.0204. The molecule has 4 aliphatic rings. The van der Waals surface area contributed by atoms with E-state index in [1.54, 1.807) is 0 Å². The van der Waals surface area contributed by atoms with E-state index >= 15 is 0 Å². The van der Waals surface area contributed by atoms with E-state index in [9.17, 15) is 0 Å². The van der Waals surface area contributed by atoms with Gasteiger partial charge in [0.2, 0.25) is 0 Å². The van der Waals surface area contributed by atoms with Crippen molar-refractivity contribution >= 4 is 57.2 Å². The minimum absolute atomic E-state index is 0.0194. The Labute approximate surface area is 314 Å². The van der Waals surface area contributed by atoms with Gasteiger partial charge in [0.05, 0.1) is 33.9 Å². The Morgan fingerprint density at radius 3 is 1.19 bits per heavy atom. The topological polar surface area (TPSA) is 24.9 Å². The van der Waals surface area contributed by atoms with Crippen molar-refractivity contribution in [3.05, 3.63) is 210 Å². The molecule has 0 aliphatic carbocycles. The summed E-state index contributed by atoms with van der Waals surface area (Å²) in [6.07, 6.45) is 0. The lowest BCUT2D eigenvalue weighted by Crippen LogP contribution is -2.57. The minimum atomic E-state index is -0.597. The van der Waals surface area contributed by atoms with Gasteiger partial charge in [-0.2, -0.15) is 0 Å². The Balaban J connectivity index is 1.13. The van der Waals surface area contributed by atoms with E-state index in [1.165, 1.54) is 33.6 Å². The van der Waals surface area contributed by atoms with Gasteiger partial charge < -0.3 is 19.3 Å². The van der Waals surface area contributed by atoms with Crippen molar-refractivity contribution < 1.29 is 9.47 Å². The molecule has 0 saturated heterocycles. The van der Waals surface area contributed by atoms with E-state index in [-0.39, 0.29) is 6.71 Å². The quantitative estimate of drug-likeness (QED) is 0.169. The molecule has 5 heteroatoms. The summed E-state index contributed by atoms with van der Waals surface area (Å²) in [5.41, 5.74) is 14.4. The van der Waals surface area contributed by atoms with Crippen LogP contribution in [0.3, 0.4) is 0 Å². The van der Waals surface area contributed by atoms with Crippen LogP contribution in [0.1, 0.15) is 22.3 Å². The molecule has 4 nitrogen and oxygen atoms in total. The van der Waals surface area contributed by atoms with Crippen LogP contribution >= 0.6 is 0 Å². The van der Waals surface area contributed by atoms with Crippen LogP contribution in [-0.2, 0) is 5.41 Å². The average molecular weight is 691 g/mol. The summed E-state index contributed by atoms with van der Waals surface area (Å²) in [7, 11) is 0. The highest BCUT2D eigenvalue weighted by Gasteiger charge is 2.52. The molecule has 0 saturated carbocycles. The minimum Gasteiger partial charge on any atom is -0.458 e. The van der Waals surface area contributed by atoms with Gasteiger partial charge in [0.1, 0.15) is 23.0 Å². The first-order valence-electron chi connectivity index (χ1n) is 18.6. The van der Waals surface area contributed by atoms with Gasteiger partial charge in [-0.05, 0) is 81.7 Å². The smallest absolute Gasteiger partial charge is 0.260 e. The second kappa shape index (κ2) is 11.0. The normalized spacial score (nSPS) is 14.6. The van der Waals surface area contributed by atoms with Crippen LogP contribution in [0.2, 0.25) is 0 Å². The van der Waals surface area contributed by atoms with Crippen molar-refractivity contribution in [2.24, 2.45) is 0 Å². The van der Waals surface area contributed by atoms with Crippen LogP contribution in [0.25, 0.3) is 0 Å². The molecule has 8 aromatic carbocycles. The summed E-state index contributed by atoms with van der Waals surface area (Å²) in [4.78, 5) is 4.83. The molecule has 0 N–H and O–H groups in total. The molecule has 252 valence electrons. The fourth-order valence-corrected chi connectivity index (χ4v) is 9.72. The van der Waals surface area contributed by atoms with Gasteiger partial charge in [0, 0.05) is 23.3 Å². The lowest BCUT2D eigenvalue weighted by molar-refractivity contribution is 0.465. The van der Waals surface area contributed by atoms with Gasteiger partial charge in [0.15, 0.2) is 0 Å². The third-order valence-corrected chi connectivity index (χ3v) is 11.7. The van der Waals surface area contributed by atoms with E-state index in [0.717, 1.165) is 62.1 Å². The summed E-state index contributed by atoms with van der Waals surface area (Å²) in [5.74, 6) is 3.41. The highest BCUT2D eigenvalue weighted by atomic mass is 16.5. The molecular weight excluding hydrogens is 659 g/mol. The number of nitrogens with zero attached hydrogens (tertiary/aromatic N) is 2. The maximum Gasteiger partial charge on any atom is 0.260 e. The SMILES string of the molecule is c1ccc(N2c3ccccc3C3(c4ccccc42)c2ccccc2N(c2cc4c5c(c2)Oc2ccccc2B5c2ccccc2O4)c2ccccc23)cc1. The van der Waals surface area contributed by atoms with Crippen molar-refractivity contribution in [2.45, 2.75) is 5.41 Å². The highest BCUT2D eigenvalue weighted by Crippen LogP contribution is 2.64. The third-order valence-electron chi connectivity index (χ3n) is 11.7. The van der Waals surface area contributed by atoms with Gasteiger partial charge in [-0.3, -0.25) is 0 Å². The van der Waals surface area contributed by atoms with Gasteiger partial charge in [-0.25, -0.2) is 0 Å². The van der Waals surface area contributed by atoms with E-state index in [2.05, 4.69) is 198 Å². The predicted molar refractivity (Wildman–Crippen MR) is 219 cm³/mol.